The van der Waals surface area contributed by atoms with Crippen LogP contribution in [0.1, 0.15) is 31.2 Å². The summed E-state index contributed by atoms with van der Waals surface area (Å²) in [6.45, 7) is 0.216. The quantitative estimate of drug-likeness (QED) is 0.827. The van der Waals surface area contributed by atoms with Crippen molar-refractivity contribution in [2.75, 3.05) is 6.54 Å². The number of rotatable bonds is 6. The Morgan fingerprint density at radius 3 is 2.13 bits per heavy atom. The molecular formula is C17H22N2O4. The number of carboxylic acids is 1. The molecule has 2 amide bonds. The zero-order chi connectivity index (χ0) is 16.8. The zero-order valence-electron chi connectivity index (χ0n) is 13.0. The highest BCUT2D eigenvalue weighted by atomic mass is 16.4. The largest absolute Gasteiger partial charge is 0.481 e. The summed E-state index contributed by atoms with van der Waals surface area (Å²) >= 11 is 0. The molecule has 2 rings (SSSR count). The van der Waals surface area contributed by atoms with E-state index in [1.807, 2.05) is 30.3 Å². The highest BCUT2D eigenvalue weighted by Gasteiger charge is 2.32. The molecule has 1 aromatic rings. The number of aliphatic carboxylic acids is 1. The second-order valence-electron chi connectivity index (χ2n) is 6.03. The van der Waals surface area contributed by atoms with Crippen LogP contribution in [-0.2, 0) is 20.9 Å². The van der Waals surface area contributed by atoms with Gasteiger partial charge in [-0.25, -0.2) is 0 Å². The molecule has 0 aliphatic heterocycles. The van der Waals surface area contributed by atoms with E-state index in [1.54, 1.807) is 0 Å². The summed E-state index contributed by atoms with van der Waals surface area (Å²) in [7, 11) is 0. The van der Waals surface area contributed by atoms with Crippen LogP contribution in [0.4, 0.5) is 0 Å². The summed E-state index contributed by atoms with van der Waals surface area (Å²) in [5.74, 6) is -2.05. The molecule has 6 heteroatoms. The van der Waals surface area contributed by atoms with Crippen molar-refractivity contribution in [3.63, 3.8) is 0 Å². The molecule has 0 saturated heterocycles. The Labute approximate surface area is 135 Å². The average Bonchev–Trinajstić information content (AvgIpc) is 2.54. The van der Waals surface area contributed by atoms with Gasteiger partial charge in [0.1, 0.15) is 0 Å². The Kier molecular flexibility index (Phi) is 5.73. The van der Waals surface area contributed by atoms with Crippen LogP contribution in [0.15, 0.2) is 30.3 Å². The standard InChI is InChI=1S/C17H22N2O4/c18-15(20)11-19(10-12-4-2-1-3-5-12)16(21)13-6-8-14(9-7-13)17(22)23/h1-5,13-14H,6-11H2,(H2,18,20)(H,22,23). The predicted octanol–water partition coefficient (Wildman–Crippen LogP) is 1.39. The summed E-state index contributed by atoms with van der Waals surface area (Å²) in [6, 6.07) is 9.42. The van der Waals surface area contributed by atoms with E-state index < -0.39 is 11.9 Å². The van der Waals surface area contributed by atoms with E-state index in [-0.39, 0.29) is 24.3 Å². The fourth-order valence-electron chi connectivity index (χ4n) is 3.05. The van der Waals surface area contributed by atoms with Crippen LogP contribution in [0.25, 0.3) is 0 Å². The Balaban J connectivity index is 2.02. The van der Waals surface area contributed by atoms with Crippen molar-refractivity contribution < 1.29 is 19.5 Å². The molecule has 23 heavy (non-hydrogen) atoms. The van der Waals surface area contributed by atoms with Crippen molar-refractivity contribution in [3.05, 3.63) is 35.9 Å². The molecule has 0 heterocycles. The first-order valence-corrected chi connectivity index (χ1v) is 7.81. The summed E-state index contributed by atoms with van der Waals surface area (Å²) in [6.07, 6.45) is 2.09. The second kappa shape index (κ2) is 7.76. The van der Waals surface area contributed by atoms with E-state index in [1.165, 1.54) is 4.90 Å². The number of carbonyl (C=O) groups is 3. The van der Waals surface area contributed by atoms with Gasteiger partial charge in [-0.15, -0.1) is 0 Å². The van der Waals surface area contributed by atoms with Gasteiger partial charge in [-0.05, 0) is 31.2 Å². The number of primary amides is 1. The van der Waals surface area contributed by atoms with E-state index in [0.29, 0.717) is 32.2 Å². The smallest absolute Gasteiger partial charge is 0.306 e. The van der Waals surface area contributed by atoms with Gasteiger partial charge in [-0.2, -0.15) is 0 Å². The molecule has 0 radical (unpaired) electrons. The van der Waals surface area contributed by atoms with Gasteiger partial charge in [0.25, 0.3) is 0 Å². The van der Waals surface area contributed by atoms with E-state index in [4.69, 9.17) is 10.8 Å². The third-order valence-electron chi connectivity index (χ3n) is 4.30. The lowest BCUT2D eigenvalue weighted by atomic mass is 9.81. The topological polar surface area (TPSA) is 101 Å². The van der Waals surface area contributed by atoms with Crippen LogP contribution >= 0.6 is 0 Å². The number of nitrogens with two attached hydrogens (primary N) is 1. The summed E-state index contributed by atoms with van der Waals surface area (Å²) in [5.41, 5.74) is 6.20. The first-order chi connectivity index (χ1) is 11.0. The third-order valence-corrected chi connectivity index (χ3v) is 4.30. The highest BCUT2D eigenvalue weighted by molar-refractivity contribution is 5.85. The van der Waals surface area contributed by atoms with Gasteiger partial charge in [0.2, 0.25) is 11.8 Å². The Morgan fingerprint density at radius 1 is 1.04 bits per heavy atom. The molecule has 0 bridgehead atoms. The fourth-order valence-corrected chi connectivity index (χ4v) is 3.05. The number of carboxylic acid groups (broad SMARTS) is 1. The van der Waals surface area contributed by atoms with Gasteiger partial charge >= 0.3 is 5.97 Å². The zero-order valence-corrected chi connectivity index (χ0v) is 13.0. The van der Waals surface area contributed by atoms with Crippen molar-refractivity contribution in [2.24, 2.45) is 17.6 Å². The summed E-state index contributed by atoms with van der Waals surface area (Å²) < 4.78 is 0. The summed E-state index contributed by atoms with van der Waals surface area (Å²) in [5, 5.41) is 9.03. The number of carbonyl (C=O) groups excluding carboxylic acids is 2. The Bertz CT molecular complexity index is 565. The van der Waals surface area contributed by atoms with Crippen LogP contribution < -0.4 is 5.73 Å². The lowest BCUT2D eigenvalue weighted by Gasteiger charge is -2.30. The lowest BCUT2D eigenvalue weighted by Crippen LogP contribution is -2.42. The van der Waals surface area contributed by atoms with Gasteiger partial charge in [0.15, 0.2) is 0 Å². The van der Waals surface area contributed by atoms with Crippen molar-refractivity contribution in [3.8, 4) is 0 Å². The van der Waals surface area contributed by atoms with Crippen LogP contribution in [-0.4, -0.2) is 34.3 Å². The number of hydrogen-bond acceptors (Lipinski definition) is 3. The maximum Gasteiger partial charge on any atom is 0.306 e. The van der Waals surface area contributed by atoms with Gasteiger partial charge in [-0.3, -0.25) is 14.4 Å². The molecule has 1 aliphatic rings. The van der Waals surface area contributed by atoms with Crippen molar-refractivity contribution in [1.29, 1.82) is 0 Å². The van der Waals surface area contributed by atoms with Crippen molar-refractivity contribution in [1.82, 2.24) is 4.90 Å². The molecule has 0 unspecified atom stereocenters. The van der Waals surface area contributed by atoms with E-state index in [2.05, 4.69) is 0 Å². The Morgan fingerprint density at radius 2 is 1.61 bits per heavy atom. The van der Waals surface area contributed by atoms with Gasteiger partial charge in [0.05, 0.1) is 12.5 Å². The molecule has 1 fully saturated rings. The van der Waals surface area contributed by atoms with Gasteiger partial charge < -0.3 is 15.7 Å². The van der Waals surface area contributed by atoms with E-state index >= 15 is 0 Å². The molecule has 1 aliphatic carbocycles. The average molecular weight is 318 g/mol. The first kappa shape index (κ1) is 17.0. The number of hydrogen-bond donors (Lipinski definition) is 2. The first-order valence-electron chi connectivity index (χ1n) is 7.81. The third kappa shape index (κ3) is 4.81. The van der Waals surface area contributed by atoms with E-state index in [0.717, 1.165) is 5.56 Å². The van der Waals surface area contributed by atoms with Crippen molar-refractivity contribution >= 4 is 17.8 Å². The molecule has 0 atom stereocenters. The monoisotopic (exact) mass is 318 g/mol. The molecule has 1 saturated carbocycles. The van der Waals surface area contributed by atoms with Crippen molar-refractivity contribution in [2.45, 2.75) is 32.2 Å². The minimum atomic E-state index is -0.797. The molecule has 3 N–H and O–H groups in total. The van der Waals surface area contributed by atoms with Crippen LogP contribution in [0, 0.1) is 11.8 Å². The normalized spacial score (nSPS) is 20.7. The maximum atomic E-state index is 12.7. The Hall–Kier alpha value is -2.37. The maximum absolute atomic E-state index is 12.7. The fraction of sp³-hybridized carbons (Fsp3) is 0.471. The number of benzene rings is 1. The number of amides is 2. The predicted molar refractivity (Wildman–Crippen MR) is 84.1 cm³/mol. The number of nitrogens with zero attached hydrogens (tertiary/aromatic N) is 1. The van der Waals surface area contributed by atoms with E-state index in [9.17, 15) is 14.4 Å². The second-order valence-corrected chi connectivity index (χ2v) is 6.03. The van der Waals surface area contributed by atoms with Gasteiger partial charge in [-0.1, -0.05) is 30.3 Å². The minimum absolute atomic E-state index is 0.114. The highest BCUT2D eigenvalue weighted by Crippen LogP contribution is 2.30. The molecule has 124 valence electrons. The lowest BCUT2D eigenvalue weighted by molar-refractivity contribution is -0.146. The molecular weight excluding hydrogens is 296 g/mol. The molecule has 6 nitrogen and oxygen atoms in total. The SMILES string of the molecule is NC(=O)CN(Cc1ccccc1)C(=O)C1CCC(C(=O)O)CC1. The molecule has 1 aromatic carbocycles. The van der Waals surface area contributed by atoms with Crippen LogP contribution in [0.3, 0.4) is 0 Å². The van der Waals surface area contributed by atoms with Crippen LogP contribution in [0.5, 0.6) is 0 Å². The summed E-state index contributed by atoms with van der Waals surface area (Å²) in [4.78, 5) is 36.4. The molecule has 0 aromatic heterocycles. The van der Waals surface area contributed by atoms with Crippen LogP contribution in [0.2, 0.25) is 0 Å². The minimum Gasteiger partial charge on any atom is -0.481 e. The molecule has 0 spiro atoms. The van der Waals surface area contributed by atoms with Gasteiger partial charge in [0, 0.05) is 12.5 Å².